The van der Waals surface area contributed by atoms with E-state index in [0.29, 0.717) is 28.7 Å². The Bertz CT molecular complexity index is 928. The molecule has 0 unspecified atom stereocenters. The molecule has 25 heavy (non-hydrogen) atoms. The van der Waals surface area contributed by atoms with E-state index in [2.05, 4.69) is 21.9 Å². The average molecular weight is 371 g/mol. The summed E-state index contributed by atoms with van der Waals surface area (Å²) in [5.74, 6) is 1.04. The van der Waals surface area contributed by atoms with E-state index in [9.17, 15) is 9.59 Å². The van der Waals surface area contributed by atoms with Gasteiger partial charge in [0, 0.05) is 28.3 Å². The smallest absolute Gasteiger partial charge is 0.257 e. The topological polar surface area (TPSA) is 74.8 Å². The molecule has 1 aliphatic carbocycles. The first-order valence-electron chi connectivity index (χ1n) is 8.13. The maximum absolute atomic E-state index is 12.8. The van der Waals surface area contributed by atoms with Crippen LogP contribution < -0.4 is 10.9 Å². The maximum Gasteiger partial charge on any atom is 0.257 e. The largest absolute Gasteiger partial charge is 0.343 e. The molecule has 0 bridgehead atoms. The van der Waals surface area contributed by atoms with Gasteiger partial charge in [0.15, 0.2) is 10.9 Å². The van der Waals surface area contributed by atoms with Crippen LogP contribution in [0.3, 0.4) is 0 Å². The number of thioether (sulfide) groups is 1. The van der Waals surface area contributed by atoms with Gasteiger partial charge in [0.05, 0.1) is 11.5 Å². The van der Waals surface area contributed by atoms with Crippen molar-refractivity contribution < 1.29 is 4.79 Å². The molecule has 5 nitrogen and oxygen atoms in total. The van der Waals surface area contributed by atoms with Gasteiger partial charge in [-0.3, -0.25) is 9.59 Å². The molecule has 2 aliphatic rings. The molecule has 2 aromatic rings. The number of hydrogen-bond donors (Lipinski definition) is 2. The summed E-state index contributed by atoms with van der Waals surface area (Å²) in [6.45, 7) is 3.69. The number of rotatable bonds is 4. The van der Waals surface area contributed by atoms with Crippen LogP contribution in [0.4, 0.5) is 5.82 Å². The van der Waals surface area contributed by atoms with Crippen LogP contribution in [0.1, 0.15) is 35.6 Å². The van der Waals surface area contributed by atoms with Crippen molar-refractivity contribution in [1.82, 2.24) is 9.97 Å². The van der Waals surface area contributed by atoms with Crippen molar-refractivity contribution in [3.05, 3.63) is 62.2 Å². The minimum atomic E-state index is -0.325. The number of nitrogens with zero attached hydrogens (tertiary/aromatic N) is 1. The van der Waals surface area contributed by atoms with E-state index in [1.54, 1.807) is 17.4 Å². The first kappa shape index (κ1) is 16.4. The number of H-pyrrole nitrogens is 1. The van der Waals surface area contributed by atoms with Crippen LogP contribution in [0.15, 0.2) is 51.4 Å². The predicted octanol–water partition coefficient (Wildman–Crippen LogP) is 3.67. The highest BCUT2D eigenvalue weighted by Crippen LogP contribution is 2.44. The van der Waals surface area contributed by atoms with Gasteiger partial charge in [-0.2, -0.15) is 0 Å². The first-order chi connectivity index (χ1) is 12.2. The molecular weight excluding hydrogens is 354 g/mol. The van der Waals surface area contributed by atoms with E-state index < -0.39 is 0 Å². The molecule has 0 radical (unpaired) electrons. The summed E-state index contributed by atoms with van der Waals surface area (Å²) in [6.07, 6.45) is 3.95. The number of Topliss-reactive ketones (excluding diaryl/α,β-unsaturated/α-hetero) is 1. The second-order valence-electron chi connectivity index (χ2n) is 5.98. The number of aromatic amines is 1. The zero-order valence-electron chi connectivity index (χ0n) is 13.5. The third kappa shape index (κ3) is 2.87. The van der Waals surface area contributed by atoms with Gasteiger partial charge >= 0.3 is 0 Å². The minimum absolute atomic E-state index is 0.127. The summed E-state index contributed by atoms with van der Waals surface area (Å²) in [4.78, 5) is 33.9. The van der Waals surface area contributed by atoms with Gasteiger partial charge < -0.3 is 10.3 Å². The minimum Gasteiger partial charge on any atom is -0.343 e. The molecule has 0 saturated heterocycles. The zero-order chi connectivity index (χ0) is 17.4. The number of ketones is 1. The Morgan fingerprint density at radius 2 is 2.28 bits per heavy atom. The molecule has 7 heteroatoms. The molecule has 3 heterocycles. The molecule has 4 rings (SSSR count). The van der Waals surface area contributed by atoms with E-state index in [4.69, 9.17) is 0 Å². The third-order valence-electron chi connectivity index (χ3n) is 4.40. The predicted molar refractivity (Wildman–Crippen MR) is 101 cm³/mol. The lowest BCUT2D eigenvalue weighted by Gasteiger charge is -2.32. The first-order valence-corrected chi connectivity index (χ1v) is 10.00. The van der Waals surface area contributed by atoms with Crippen LogP contribution in [0.5, 0.6) is 0 Å². The van der Waals surface area contributed by atoms with Gasteiger partial charge in [-0.25, -0.2) is 4.98 Å². The Morgan fingerprint density at radius 1 is 1.40 bits per heavy atom. The molecule has 1 atom stereocenters. The van der Waals surface area contributed by atoms with E-state index >= 15 is 0 Å². The molecule has 0 aromatic carbocycles. The summed E-state index contributed by atoms with van der Waals surface area (Å²) in [6, 6.07) is 3.93. The van der Waals surface area contributed by atoms with Crippen LogP contribution in [0, 0.1) is 0 Å². The number of anilines is 1. The number of nitrogens with one attached hydrogen (secondary N) is 2. The van der Waals surface area contributed by atoms with Crippen molar-refractivity contribution in [1.29, 1.82) is 0 Å². The van der Waals surface area contributed by atoms with E-state index in [0.717, 1.165) is 29.0 Å². The van der Waals surface area contributed by atoms with Gasteiger partial charge in [-0.05, 0) is 24.3 Å². The highest BCUT2D eigenvalue weighted by molar-refractivity contribution is 7.99. The standard InChI is InChI=1S/C18H17N3O2S2/c1-2-8-25-18-20-16-15(17(23)21-18)14(12-7-4-9-24-12)13-10(19-16)5-3-6-11(13)22/h2,4,7,9,14H,1,3,5-6,8H2,(H2,19,20,21,23)/t14-/m1/s1. The third-order valence-corrected chi connectivity index (χ3v) is 6.21. The normalized spacial score (nSPS) is 19.2. The Labute approximate surface area is 153 Å². The molecule has 2 N–H and O–H groups in total. The maximum atomic E-state index is 12.8. The van der Waals surface area contributed by atoms with Crippen molar-refractivity contribution in [3.8, 4) is 0 Å². The molecular formula is C18H17N3O2S2. The lowest BCUT2D eigenvalue weighted by atomic mass is 9.79. The van der Waals surface area contributed by atoms with Gasteiger partial charge in [0.25, 0.3) is 5.56 Å². The SMILES string of the molecule is C=CCSc1nc2c(c(=O)[nH]1)[C@H](c1cccs1)C1=C(CCCC1=O)N2. The van der Waals surface area contributed by atoms with Crippen LogP contribution >= 0.6 is 23.1 Å². The number of aromatic nitrogens is 2. The molecule has 0 saturated carbocycles. The Balaban J connectivity index is 1.89. The van der Waals surface area contributed by atoms with Crippen LogP contribution in [0.2, 0.25) is 0 Å². The van der Waals surface area contributed by atoms with Crippen LogP contribution in [-0.2, 0) is 4.79 Å². The molecule has 128 valence electrons. The number of thiophene rings is 1. The van der Waals surface area contributed by atoms with Crippen LogP contribution in [0.25, 0.3) is 0 Å². The molecule has 0 spiro atoms. The lowest BCUT2D eigenvalue weighted by molar-refractivity contribution is -0.116. The quantitative estimate of drug-likeness (QED) is 0.487. The van der Waals surface area contributed by atoms with Crippen molar-refractivity contribution >= 4 is 34.7 Å². The molecule has 0 amide bonds. The zero-order valence-corrected chi connectivity index (χ0v) is 15.1. The fraction of sp³-hybridized carbons (Fsp3) is 0.278. The summed E-state index contributed by atoms with van der Waals surface area (Å²) in [7, 11) is 0. The Hall–Kier alpha value is -2.12. The van der Waals surface area contributed by atoms with Crippen molar-refractivity contribution in [2.24, 2.45) is 0 Å². The van der Waals surface area contributed by atoms with E-state index in [-0.39, 0.29) is 17.3 Å². The number of carbonyl (C=O) groups excluding carboxylic acids is 1. The molecule has 2 aromatic heterocycles. The fourth-order valence-electron chi connectivity index (χ4n) is 3.39. The average Bonchev–Trinajstić information content (AvgIpc) is 3.12. The highest BCUT2D eigenvalue weighted by atomic mass is 32.2. The molecule has 1 aliphatic heterocycles. The van der Waals surface area contributed by atoms with Gasteiger partial charge in [0.1, 0.15) is 5.82 Å². The Kier molecular flexibility index (Phi) is 4.35. The number of fused-ring (bicyclic) bond motifs is 1. The summed E-state index contributed by atoms with van der Waals surface area (Å²) >= 11 is 3.00. The number of hydrogen-bond acceptors (Lipinski definition) is 6. The summed E-state index contributed by atoms with van der Waals surface area (Å²) in [5.41, 5.74) is 2.01. The Morgan fingerprint density at radius 3 is 3.04 bits per heavy atom. The van der Waals surface area contributed by atoms with Crippen LogP contribution in [-0.4, -0.2) is 21.5 Å². The molecule has 0 fully saturated rings. The number of allylic oxidation sites excluding steroid dienone is 2. The fourth-order valence-corrected chi connectivity index (χ4v) is 4.83. The van der Waals surface area contributed by atoms with Crippen molar-refractivity contribution in [2.75, 3.05) is 11.1 Å². The second kappa shape index (κ2) is 6.65. The van der Waals surface area contributed by atoms with Gasteiger partial charge in [-0.1, -0.05) is 23.9 Å². The van der Waals surface area contributed by atoms with Crippen molar-refractivity contribution in [3.63, 3.8) is 0 Å². The van der Waals surface area contributed by atoms with Crippen molar-refractivity contribution in [2.45, 2.75) is 30.3 Å². The lowest BCUT2D eigenvalue weighted by Crippen LogP contribution is -2.32. The van der Waals surface area contributed by atoms with E-state index in [1.165, 1.54) is 11.8 Å². The highest BCUT2D eigenvalue weighted by Gasteiger charge is 2.38. The summed E-state index contributed by atoms with van der Waals surface area (Å²) in [5, 5.41) is 5.81. The monoisotopic (exact) mass is 371 g/mol. The van der Waals surface area contributed by atoms with Gasteiger partial charge in [0.2, 0.25) is 0 Å². The second-order valence-corrected chi connectivity index (χ2v) is 7.96. The number of carbonyl (C=O) groups is 1. The van der Waals surface area contributed by atoms with Gasteiger partial charge in [-0.15, -0.1) is 17.9 Å². The summed E-state index contributed by atoms with van der Waals surface area (Å²) < 4.78 is 0. The van der Waals surface area contributed by atoms with E-state index in [1.807, 2.05) is 17.5 Å².